The van der Waals surface area contributed by atoms with E-state index in [4.69, 9.17) is 12.2 Å². The third-order valence-electron chi connectivity index (χ3n) is 2.29. The predicted octanol–water partition coefficient (Wildman–Crippen LogP) is 2.58. The van der Waals surface area contributed by atoms with Gasteiger partial charge in [0.2, 0.25) is 5.91 Å². The molecule has 1 aromatic rings. The molecule has 1 aromatic carbocycles. The van der Waals surface area contributed by atoms with Crippen LogP contribution in [0.5, 0.6) is 0 Å². The highest BCUT2D eigenvalue weighted by Gasteiger charge is 2.02. The SMILES string of the molecule is CC(=O)NCCNC(=S)Nc1cc(N=C=S)cc(N=C=S)c1. The van der Waals surface area contributed by atoms with Gasteiger partial charge in [0.15, 0.2) is 5.11 Å². The number of hydrogen-bond acceptors (Lipinski definition) is 6. The van der Waals surface area contributed by atoms with Gasteiger partial charge in [-0.15, -0.1) is 0 Å². The summed E-state index contributed by atoms with van der Waals surface area (Å²) in [7, 11) is 0. The minimum atomic E-state index is -0.0888. The highest BCUT2D eigenvalue weighted by molar-refractivity contribution is 7.80. The molecule has 0 saturated heterocycles. The molecule has 0 saturated carbocycles. The number of isothiocyanates is 2. The van der Waals surface area contributed by atoms with Gasteiger partial charge in [0, 0.05) is 25.7 Å². The van der Waals surface area contributed by atoms with Gasteiger partial charge in [-0.1, -0.05) is 0 Å². The summed E-state index contributed by atoms with van der Waals surface area (Å²) >= 11 is 14.3. The molecule has 0 unspecified atom stereocenters. The number of carbonyl (C=O) groups excluding carboxylic acids is 1. The number of amides is 1. The fourth-order valence-corrected chi connectivity index (χ4v) is 1.92. The van der Waals surface area contributed by atoms with Crippen LogP contribution >= 0.6 is 36.7 Å². The summed E-state index contributed by atoms with van der Waals surface area (Å²) in [4.78, 5) is 18.5. The van der Waals surface area contributed by atoms with Crippen molar-refractivity contribution in [2.75, 3.05) is 18.4 Å². The number of nitrogens with zero attached hydrogens (tertiary/aromatic N) is 2. The van der Waals surface area contributed by atoms with E-state index in [2.05, 4.69) is 60.7 Å². The van der Waals surface area contributed by atoms with Crippen molar-refractivity contribution in [1.29, 1.82) is 0 Å². The summed E-state index contributed by atoms with van der Waals surface area (Å²) in [5, 5.41) is 13.6. The van der Waals surface area contributed by atoms with E-state index in [-0.39, 0.29) is 5.91 Å². The van der Waals surface area contributed by atoms with Gasteiger partial charge in [0.1, 0.15) is 0 Å². The smallest absolute Gasteiger partial charge is 0.216 e. The Hall–Kier alpha value is -2.02. The second kappa shape index (κ2) is 9.83. The summed E-state index contributed by atoms with van der Waals surface area (Å²) in [6.07, 6.45) is 0. The maximum absolute atomic E-state index is 10.7. The maximum atomic E-state index is 10.7. The van der Waals surface area contributed by atoms with Crippen LogP contribution in [-0.2, 0) is 4.79 Å². The molecule has 114 valence electrons. The third-order valence-corrected chi connectivity index (χ3v) is 2.72. The van der Waals surface area contributed by atoms with Crippen molar-refractivity contribution in [3.63, 3.8) is 0 Å². The van der Waals surface area contributed by atoms with Crippen LogP contribution in [-0.4, -0.2) is 34.4 Å². The first kappa shape index (κ1) is 18.0. The highest BCUT2D eigenvalue weighted by Crippen LogP contribution is 2.26. The van der Waals surface area contributed by atoms with Crippen LogP contribution in [0.25, 0.3) is 0 Å². The Balaban J connectivity index is 2.70. The number of nitrogens with one attached hydrogen (secondary N) is 3. The molecule has 0 aromatic heterocycles. The van der Waals surface area contributed by atoms with E-state index in [0.717, 1.165) is 0 Å². The molecule has 22 heavy (non-hydrogen) atoms. The van der Waals surface area contributed by atoms with Crippen molar-refractivity contribution in [2.45, 2.75) is 6.92 Å². The second-order valence-corrected chi connectivity index (χ2v) is 4.78. The van der Waals surface area contributed by atoms with Crippen LogP contribution in [0.15, 0.2) is 28.2 Å². The number of aliphatic imine (C=N–C) groups is 2. The summed E-state index contributed by atoms with van der Waals surface area (Å²) < 4.78 is 0. The summed E-state index contributed by atoms with van der Waals surface area (Å²) in [6.45, 7) is 2.44. The van der Waals surface area contributed by atoms with E-state index < -0.39 is 0 Å². The summed E-state index contributed by atoms with van der Waals surface area (Å²) in [6, 6.07) is 5.17. The first-order valence-electron chi connectivity index (χ1n) is 6.15. The van der Waals surface area contributed by atoms with Crippen molar-refractivity contribution in [3.8, 4) is 0 Å². The van der Waals surface area contributed by atoms with E-state index in [1.54, 1.807) is 18.2 Å². The quantitative estimate of drug-likeness (QED) is 0.415. The lowest BCUT2D eigenvalue weighted by molar-refractivity contribution is -0.118. The Morgan fingerprint density at radius 3 is 2.14 bits per heavy atom. The molecule has 0 atom stereocenters. The molecule has 1 amide bonds. The number of rotatable bonds is 6. The largest absolute Gasteiger partial charge is 0.361 e. The minimum absolute atomic E-state index is 0.0888. The molecule has 0 aliphatic rings. The van der Waals surface area contributed by atoms with E-state index in [0.29, 0.717) is 35.3 Å². The van der Waals surface area contributed by atoms with Crippen LogP contribution in [0.2, 0.25) is 0 Å². The fourth-order valence-electron chi connectivity index (χ4n) is 1.49. The van der Waals surface area contributed by atoms with Gasteiger partial charge < -0.3 is 16.0 Å². The van der Waals surface area contributed by atoms with Crippen molar-refractivity contribution in [2.24, 2.45) is 9.98 Å². The molecule has 9 heteroatoms. The van der Waals surface area contributed by atoms with Crippen LogP contribution in [0.1, 0.15) is 6.92 Å². The Morgan fingerprint density at radius 2 is 1.64 bits per heavy atom. The van der Waals surface area contributed by atoms with Gasteiger partial charge >= 0.3 is 0 Å². The number of anilines is 1. The molecule has 6 nitrogen and oxygen atoms in total. The lowest BCUT2D eigenvalue weighted by Gasteiger charge is -2.11. The van der Waals surface area contributed by atoms with Gasteiger partial charge in [0.25, 0.3) is 0 Å². The highest BCUT2D eigenvalue weighted by atomic mass is 32.1. The second-order valence-electron chi connectivity index (χ2n) is 4.01. The van der Waals surface area contributed by atoms with Crippen molar-refractivity contribution in [1.82, 2.24) is 10.6 Å². The first-order valence-corrected chi connectivity index (χ1v) is 7.37. The molecule has 0 bridgehead atoms. The lowest BCUT2D eigenvalue weighted by atomic mass is 10.2. The zero-order valence-electron chi connectivity index (χ0n) is 11.7. The fraction of sp³-hybridized carbons (Fsp3) is 0.231. The summed E-state index contributed by atoms with van der Waals surface area (Å²) in [5.41, 5.74) is 1.82. The molecule has 0 aliphatic heterocycles. The zero-order chi connectivity index (χ0) is 16.4. The topological polar surface area (TPSA) is 77.9 Å². The summed E-state index contributed by atoms with van der Waals surface area (Å²) in [5.74, 6) is -0.0888. The van der Waals surface area contributed by atoms with E-state index >= 15 is 0 Å². The Bertz CT molecular complexity index is 627. The van der Waals surface area contributed by atoms with Crippen LogP contribution in [0.3, 0.4) is 0 Å². The van der Waals surface area contributed by atoms with Crippen LogP contribution in [0.4, 0.5) is 17.1 Å². The maximum Gasteiger partial charge on any atom is 0.216 e. The molecule has 1 rings (SSSR count). The zero-order valence-corrected chi connectivity index (χ0v) is 14.1. The normalized spacial score (nSPS) is 8.95. The molecular weight excluding hydrogens is 338 g/mol. The van der Waals surface area contributed by atoms with E-state index in [1.165, 1.54) is 6.92 Å². The van der Waals surface area contributed by atoms with Crippen molar-refractivity contribution < 1.29 is 4.79 Å². The van der Waals surface area contributed by atoms with E-state index in [1.807, 2.05) is 0 Å². The molecule has 0 heterocycles. The van der Waals surface area contributed by atoms with Gasteiger partial charge in [0.05, 0.1) is 21.7 Å². The van der Waals surface area contributed by atoms with Gasteiger partial charge in [-0.25, -0.2) is 0 Å². The Morgan fingerprint density at radius 1 is 1.09 bits per heavy atom. The molecule has 3 N–H and O–H groups in total. The average Bonchev–Trinajstić information content (AvgIpc) is 2.44. The molecule has 0 spiro atoms. The van der Waals surface area contributed by atoms with Crippen molar-refractivity contribution >= 4 is 75.1 Å². The Labute approximate surface area is 144 Å². The Kier molecular flexibility index (Phi) is 8.06. The van der Waals surface area contributed by atoms with Gasteiger partial charge in [-0.05, 0) is 54.9 Å². The standard InChI is InChI=1S/C13H13N5OS3/c1-9(19)14-2-3-15-13(22)18-12-5-10(16-7-20)4-11(6-12)17-8-21/h4-6H,2-3H2,1H3,(H,14,19)(H2,15,18,22). The molecule has 0 radical (unpaired) electrons. The number of carbonyl (C=O) groups is 1. The van der Waals surface area contributed by atoms with Crippen LogP contribution < -0.4 is 16.0 Å². The molecule has 0 aliphatic carbocycles. The van der Waals surface area contributed by atoms with Gasteiger partial charge in [-0.3, -0.25) is 4.79 Å². The van der Waals surface area contributed by atoms with Gasteiger partial charge in [-0.2, -0.15) is 9.98 Å². The lowest BCUT2D eigenvalue weighted by Crippen LogP contribution is -2.35. The first-order chi connectivity index (χ1) is 10.5. The monoisotopic (exact) mass is 351 g/mol. The average molecular weight is 351 g/mol. The number of thiocarbonyl (C=S) groups is 3. The number of hydrogen-bond donors (Lipinski definition) is 3. The van der Waals surface area contributed by atoms with E-state index in [9.17, 15) is 4.79 Å². The number of benzene rings is 1. The molecule has 0 fully saturated rings. The van der Waals surface area contributed by atoms with Crippen molar-refractivity contribution in [3.05, 3.63) is 18.2 Å². The predicted molar refractivity (Wildman–Crippen MR) is 98.7 cm³/mol. The minimum Gasteiger partial charge on any atom is -0.361 e. The third kappa shape index (κ3) is 7.12. The van der Waals surface area contributed by atoms with Crippen LogP contribution in [0, 0.1) is 0 Å². The molecular formula is C13H13N5OS3.